The fraction of sp³-hybridized carbons (Fsp3) is 0.333. The van der Waals surface area contributed by atoms with Crippen LogP contribution in [0.1, 0.15) is 35.1 Å². The number of benzene rings is 1. The zero-order valence-electron chi connectivity index (χ0n) is 9.50. The zero-order valence-corrected chi connectivity index (χ0v) is 12.4. The summed E-state index contributed by atoms with van der Waals surface area (Å²) in [5.41, 5.74) is 1.18. The average molecular weight is 367 g/mol. The molecule has 1 rings (SSSR count). The Morgan fingerprint density at radius 3 is 2.59 bits per heavy atom. The number of alkyl halides is 1. The first kappa shape index (κ1) is 14.4. The predicted molar refractivity (Wildman–Crippen MR) is 74.4 cm³/mol. The largest absolute Gasteiger partial charge is 0.462 e. The van der Waals surface area contributed by atoms with Gasteiger partial charge in [0.2, 0.25) is 0 Å². The van der Waals surface area contributed by atoms with Gasteiger partial charge in [-0.2, -0.15) is 0 Å². The van der Waals surface area contributed by atoms with E-state index in [9.17, 15) is 9.59 Å². The van der Waals surface area contributed by atoms with Crippen molar-refractivity contribution in [2.75, 3.05) is 6.61 Å². The van der Waals surface area contributed by atoms with Crippen molar-refractivity contribution in [3.05, 3.63) is 32.9 Å². The summed E-state index contributed by atoms with van der Waals surface area (Å²) in [6.07, 6.45) is 0. The molecule has 1 unspecified atom stereocenters. The van der Waals surface area contributed by atoms with Crippen LogP contribution in [0.15, 0.2) is 18.2 Å². The first-order chi connectivity index (χ1) is 7.97. The van der Waals surface area contributed by atoms with E-state index < -0.39 is 5.38 Å². The van der Waals surface area contributed by atoms with Gasteiger partial charge in [-0.25, -0.2) is 4.79 Å². The summed E-state index contributed by atoms with van der Waals surface area (Å²) in [6.45, 7) is 3.52. The fourth-order valence-corrected chi connectivity index (χ4v) is 2.19. The van der Waals surface area contributed by atoms with Crippen molar-refractivity contribution < 1.29 is 14.3 Å². The zero-order chi connectivity index (χ0) is 13.0. The normalized spacial score (nSPS) is 12.0. The van der Waals surface area contributed by atoms with Gasteiger partial charge in [-0.3, -0.25) is 4.79 Å². The van der Waals surface area contributed by atoms with Gasteiger partial charge in [0.25, 0.3) is 0 Å². The van der Waals surface area contributed by atoms with Crippen LogP contribution in [0, 0.1) is 3.57 Å². The monoisotopic (exact) mass is 366 g/mol. The van der Waals surface area contributed by atoms with E-state index in [0.29, 0.717) is 17.7 Å². The van der Waals surface area contributed by atoms with Crippen LogP contribution in [0.4, 0.5) is 0 Å². The summed E-state index contributed by atoms with van der Waals surface area (Å²) in [4.78, 5) is 22.7. The van der Waals surface area contributed by atoms with Gasteiger partial charge in [-0.15, -0.1) is 11.6 Å². The maximum Gasteiger partial charge on any atom is 0.339 e. The van der Waals surface area contributed by atoms with E-state index in [4.69, 9.17) is 16.3 Å². The van der Waals surface area contributed by atoms with E-state index in [2.05, 4.69) is 0 Å². The number of hydrogen-bond donors (Lipinski definition) is 0. The van der Waals surface area contributed by atoms with Gasteiger partial charge in [-0.1, -0.05) is 6.07 Å². The molecule has 0 radical (unpaired) electrons. The molecule has 0 aliphatic heterocycles. The summed E-state index contributed by atoms with van der Waals surface area (Å²) >= 11 is 7.96. The third-order valence-corrected chi connectivity index (χ3v) is 3.59. The third-order valence-electron chi connectivity index (χ3n) is 2.14. The number of carbonyl (C=O) groups is 2. The number of ether oxygens (including phenoxy) is 1. The molecule has 0 spiro atoms. The van der Waals surface area contributed by atoms with Crippen LogP contribution < -0.4 is 0 Å². The highest BCUT2D eigenvalue weighted by molar-refractivity contribution is 14.1. The SMILES string of the molecule is CCOC(=O)c1ccc(C(Cl)C(C)=O)cc1I. The van der Waals surface area contributed by atoms with Crippen molar-refractivity contribution in [3.63, 3.8) is 0 Å². The molecule has 0 aliphatic carbocycles. The van der Waals surface area contributed by atoms with Crippen molar-refractivity contribution in [1.82, 2.24) is 0 Å². The lowest BCUT2D eigenvalue weighted by atomic mass is 10.1. The molecule has 0 N–H and O–H groups in total. The van der Waals surface area contributed by atoms with Gasteiger partial charge in [0.15, 0.2) is 5.78 Å². The van der Waals surface area contributed by atoms with Crippen molar-refractivity contribution in [2.45, 2.75) is 19.2 Å². The van der Waals surface area contributed by atoms with Gasteiger partial charge in [0, 0.05) is 3.57 Å². The van der Waals surface area contributed by atoms with Crippen LogP contribution >= 0.6 is 34.2 Å². The van der Waals surface area contributed by atoms with E-state index in [1.807, 2.05) is 22.6 Å². The first-order valence-electron chi connectivity index (χ1n) is 5.08. The summed E-state index contributed by atoms with van der Waals surface area (Å²) < 4.78 is 5.64. The highest BCUT2D eigenvalue weighted by atomic mass is 127. The van der Waals surface area contributed by atoms with E-state index in [1.54, 1.807) is 25.1 Å². The average Bonchev–Trinajstić information content (AvgIpc) is 2.27. The molecule has 5 heteroatoms. The Kier molecular flexibility index (Phi) is 5.39. The molecule has 17 heavy (non-hydrogen) atoms. The smallest absolute Gasteiger partial charge is 0.339 e. The molecule has 3 nitrogen and oxygen atoms in total. The lowest BCUT2D eigenvalue weighted by Gasteiger charge is -2.09. The second kappa shape index (κ2) is 6.35. The van der Waals surface area contributed by atoms with Gasteiger partial charge >= 0.3 is 5.97 Å². The maximum absolute atomic E-state index is 11.6. The Morgan fingerprint density at radius 1 is 1.47 bits per heavy atom. The summed E-state index contributed by atoms with van der Waals surface area (Å²) in [6, 6.07) is 5.03. The lowest BCUT2D eigenvalue weighted by Crippen LogP contribution is -2.08. The Labute approximate surface area is 119 Å². The number of rotatable bonds is 4. The molecular formula is C12H12ClIO3. The summed E-state index contributed by atoms with van der Waals surface area (Å²) in [5, 5.41) is -0.667. The minimum atomic E-state index is -0.667. The molecule has 1 aromatic rings. The van der Waals surface area contributed by atoms with E-state index in [-0.39, 0.29) is 11.8 Å². The van der Waals surface area contributed by atoms with Crippen LogP contribution in [0.25, 0.3) is 0 Å². The van der Waals surface area contributed by atoms with Gasteiger partial charge in [0.1, 0.15) is 5.38 Å². The molecule has 0 fully saturated rings. The molecule has 0 aliphatic rings. The number of halogens is 2. The lowest BCUT2D eigenvalue weighted by molar-refractivity contribution is -0.116. The Balaban J connectivity index is 3.01. The summed E-state index contributed by atoms with van der Waals surface area (Å²) in [5.74, 6) is -0.483. The Morgan fingerprint density at radius 2 is 2.12 bits per heavy atom. The molecule has 0 aromatic heterocycles. The highest BCUT2D eigenvalue weighted by Gasteiger charge is 2.17. The molecular weight excluding hydrogens is 354 g/mol. The third kappa shape index (κ3) is 3.67. The molecule has 0 saturated carbocycles. The fourth-order valence-electron chi connectivity index (χ4n) is 1.30. The van der Waals surface area contributed by atoms with E-state index in [1.165, 1.54) is 6.92 Å². The number of esters is 1. The van der Waals surface area contributed by atoms with Crippen molar-refractivity contribution in [2.24, 2.45) is 0 Å². The number of hydrogen-bond acceptors (Lipinski definition) is 3. The van der Waals surface area contributed by atoms with Gasteiger partial charge in [-0.05, 0) is 54.1 Å². The quantitative estimate of drug-likeness (QED) is 0.466. The second-order valence-corrected chi connectivity index (χ2v) is 5.03. The number of Topliss-reactive ketones (excluding diaryl/α,β-unsaturated/α-hetero) is 1. The minimum Gasteiger partial charge on any atom is -0.462 e. The molecule has 1 aromatic carbocycles. The molecule has 0 amide bonds. The Hall–Kier alpha value is -0.620. The topological polar surface area (TPSA) is 43.4 Å². The second-order valence-electron chi connectivity index (χ2n) is 3.43. The number of ketones is 1. The van der Waals surface area contributed by atoms with Crippen LogP contribution in [-0.4, -0.2) is 18.4 Å². The summed E-state index contributed by atoms with van der Waals surface area (Å²) in [7, 11) is 0. The van der Waals surface area contributed by atoms with Crippen molar-refractivity contribution in [3.8, 4) is 0 Å². The van der Waals surface area contributed by atoms with Crippen molar-refractivity contribution >= 4 is 45.9 Å². The van der Waals surface area contributed by atoms with E-state index in [0.717, 1.165) is 3.57 Å². The van der Waals surface area contributed by atoms with Gasteiger partial charge in [0.05, 0.1) is 12.2 Å². The van der Waals surface area contributed by atoms with Crippen LogP contribution in [0.2, 0.25) is 0 Å². The van der Waals surface area contributed by atoms with Gasteiger partial charge < -0.3 is 4.74 Å². The number of carbonyl (C=O) groups excluding carboxylic acids is 2. The highest BCUT2D eigenvalue weighted by Crippen LogP contribution is 2.25. The molecule has 92 valence electrons. The van der Waals surface area contributed by atoms with Crippen LogP contribution in [0.5, 0.6) is 0 Å². The van der Waals surface area contributed by atoms with Crippen LogP contribution in [-0.2, 0) is 9.53 Å². The van der Waals surface area contributed by atoms with E-state index >= 15 is 0 Å². The van der Waals surface area contributed by atoms with Crippen molar-refractivity contribution in [1.29, 1.82) is 0 Å². The molecule has 0 bridgehead atoms. The molecule has 0 heterocycles. The molecule has 1 atom stereocenters. The van der Waals surface area contributed by atoms with Crippen LogP contribution in [0.3, 0.4) is 0 Å². The Bertz CT molecular complexity index is 445. The predicted octanol–water partition coefficient (Wildman–Crippen LogP) is 3.34. The standard InChI is InChI=1S/C12H12ClIO3/c1-3-17-12(16)9-5-4-8(6-10(9)14)11(13)7(2)15/h4-6,11H,3H2,1-2H3. The molecule has 0 saturated heterocycles. The first-order valence-corrected chi connectivity index (χ1v) is 6.60. The maximum atomic E-state index is 11.6. The minimum absolute atomic E-state index is 0.119.